The quantitative estimate of drug-likeness (QED) is 0.734. The largest absolute Gasteiger partial charge is 0.353 e. The maximum Gasteiger partial charge on any atom is 0.225 e. The van der Waals surface area contributed by atoms with Crippen LogP contribution < -0.4 is 5.32 Å². The number of amides is 1. The van der Waals surface area contributed by atoms with Crippen molar-refractivity contribution in [3.8, 4) is 0 Å². The molecule has 1 N–H and O–H groups in total. The maximum absolute atomic E-state index is 11.7. The summed E-state index contributed by atoms with van der Waals surface area (Å²) in [4.78, 5) is 11.7. The van der Waals surface area contributed by atoms with Gasteiger partial charge >= 0.3 is 0 Å². The first-order valence-corrected chi connectivity index (χ1v) is 6.43. The normalized spacial score (nSPS) is 13.8. The molecule has 14 heavy (non-hydrogen) atoms. The third-order valence-corrected chi connectivity index (χ3v) is 3.21. The second-order valence-corrected chi connectivity index (χ2v) is 5.24. The van der Waals surface area contributed by atoms with E-state index in [0.717, 1.165) is 24.6 Å². The zero-order valence-corrected chi connectivity index (χ0v) is 11.3. The van der Waals surface area contributed by atoms with Crippen LogP contribution in [0.2, 0.25) is 0 Å². The summed E-state index contributed by atoms with van der Waals surface area (Å²) in [5, 5.41) is 4.05. The molecule has 0 aromatic heterocycles. The van der Waals surface area contributed by atoms with Gasteiger partial charge in [-0.3, -0.25) is 4.79 Å². The molecule has 0 heterocycles. The minimum atomic E-state index is -0.233. The Morgan fingerprint density at radius 2 is 2.07 bits per heavy atom. The molecule has 84 valence electrons. The van der Waals surface area contributed by atoms with Crippen LogP contribution >= 0.6 is 15.9 Å². The topological polar surface area (TPSA) is 29.1 Å². The van der Waals surface area contributed by atoms with Crippen molar-refractivity contribution < 1.29 is 4.79 Å². The van der Waals surface area contributed by atoms with E-state index in [9.17, 15) is 4.79 Å². The first kappa shape index (κ1) is 13.9. The summed E-state index contributed by atoms with van der Waals surface area (Å²) in [6.45, 7) is 8.08. The van der Waals surface area contributed by atoms with Gasteiger partial charge in [0.25, 0.3) is 0 Å². The van der Waals surface area contributed by atoms with Gasteiger partial charge in [-0.15, -0.1) is 0 Å². The van der Waals surface area contributed by atoms with Crippen molar-refractivity contribution in [2.45, 2.75) is 53.0 Å². The molecule has 1 amide bonds. The molecule has 0 aromatic carbocycles. The molecular formula is C11H22BrNO. The van der Waals surface area contributed by atoms with Gasteiger partial charge in [0.2, 0.25) is 5.91 Å². The first-order chi connectivity index (χ1) is 6.44. The molecule has 0 fully saturated rings. The summed E-state index contributed by atoms with van der Waals surface area (Å²) in [5.41, 5.74) is -0.233. The monoisotopic (exact) mass is 263 g/mol. The van der Waals surface area contributed by atoms with Crippen LogP contribution in [-0.4, -0.2) is 17.3 Å². The van der Waals surface area contributed by atoms with E-state index in [4.69, 9.17) is 0 Å². The molecule has 0 saturated heterocycles. The van der Waals surface area contributed by atoms with E-state index in [1.54, 1.807) is 0 Å². The van der Waals surface area contributed by atoms with Crippen LogP contribution in [0.1, 0.15) is 47.0 Å². The third kappa shape index (κ3) is 4.99. The Hall–Kier alpha value is -0.0500. The number of halogens is 1. The predicted molar refractivity (Wildman–Crippen MR) is 64.7 cm³/mol. The van der Waals surface area contributed by atoms with E-state index in [2.05, 4.69) is 28.2 Å². The van der Waals surface area contributed by atoms with Gasteiger partial charge in [0, 0.05) is 16.8 Å². The van der Waals surface area contributed by atoms with Gasteiger partial charge in [-0.05, 0) is 26.2 Å². The second kappa shape index (κ2) is 6.44. The Bertz CT molecular complexity index is 180. The molecular weight excluding hydrogens is 242 g/mol. The van der Waals surface area contributed by atoms with Gasteiger partial charge in [0.05, 0.1) is 0 Å². The first-order valence-electron chi connectivity index (χ1n) is 5.31. The lowest BCUT2D eigenvalue weighted by Gasteiger charge is -2.24. The van der Waals surface area contributed by atoms with E-state index >= 15 is 0 Å². The van der Waals surface area contributed by atoms with E-state index in [1.165, 1.54) is 0 Å². The zero-order valence-electron chi connectivity index (χ0n) is 9.69. The molecule has 3 heteroatoms. The highest BCUT2D eigenvalue weighted by molar-refractivity contribution is 9.09. The Morgan fingerprint density at radius 1 is 1.50 bits per heavy atom. The molecule has 0 saturated carbocycles. The summed E-state index contributed by atoms with van der Waals surface area (Å²) in [5.74, 6) is 0.169. The van der Waals surface area contributed by atoms with Crippen molar-refractivity contribution in [2.24, 2.45) is 5.41 Å². The minimum absolute atomic E-state index is 0.169. The fourth-order valence-corrected chi connectivity index (χ4v) is 1.36. The van der Waals surface area contributed by atoms with Gasteiger partial charge < -0.3 is 5.32 Å². The maximum atomic E-state index is 11.7. The molecule has 0 aliphatic rings. The number of hydrogen-bond donors (Lipinski definition) is 1. The number of nitrogens with one attached hydrogen (secondary N) is 1. The van der Waals surface area contributed by atoms with E-state index < -0.39 is 0 Å². The van der Waals surface area contributed by atoms with Gasteiger partial charge in [0.1, 0.15) is 0 Å². The fraction of sp³-hybridized carbons (Fsp3) is 0.909. The van der Waals surface area contributed by atoms with Crippen LogP contribution in [0.25, 0.3) is 0 Å². The molecule has 0 radical (unpaired) electrons. The summed E-state index contributed by atoms with van der Waals surface area (Å²) >= 11 is 3.38. The smallest absolute Gasteiger partial charge is 0.225 e. The van der Waals surface area contributed by atoms with Gasteiger partial charge in [-0.2, -0.15) is 0 Å². The van der Waals surface area contributed by atoms with Crippen LogP contribution in [0, 0.1) is 5.41 Å². The van der Waals surface area contributed by atoms with Crippen molar-refractivity contribution in [3.05, 3.63) is 0 Å². The summed E-state index contributed by atoms with van der Waals surface area (Å²) in [7, 11) is 0. The Morgan fingerprint density at radius 3 is 2.50 bits per heavy atom. The number of carbonyl (C=O) groups excluding carboxylic acids is 1. The fourth-order valence-electron chi connectivity index (χ4n) is 1.04. The Balaban J connectivity index is 3.93. The van der Waals surface area contributed by atoms with Crippen LogP contribution in [0.15, 0.2) is 0 Å². The van der Waals surface area contributed by atoms with Crippen LogP contribution in [-0.2, 0) is 4.79 Å². The molecule has 0 spiro atoms. The van der Waals surface area contributed by atoms with Crippen molar-refractivity contribution in [3.63, 3.8) is 0 Å². The van der Waals surface area contributed by atoms with E-state index in [1.807, 2.05) is 20.8 Å². The van der Waals surface area contributed by atoms with Crippen molar-refractivity contribution >= 4 is 21.8 Å². The van der Waals surface area contributed by atoms with Crippen LogP contribution in [0.3, 0.4) is 0 Å². The standard InChI is InChI=1S/C11H22BrNO/c1-5-11(3,4)10(14)13-9(2)7-6-8-12/h9H,5-8H2,1-4H3,(H,13,14). The summed E-state index contributed by atoms with van der Waals surface area (Å²) < 4.78 is 0. The zero-order chi connectivity index (χ0) is 11.2. The highest BCUT2D eigenvalue weighted by atomic mass is 79.9. The van der Waals surface area contributed by atoms with Crippen LogP contribution in [0.5, 0.6) is 0 Å². The van der Waals surface area contributed by atoms with Gasteiger partial charge in [-0.25, -0.2) is 0 Å². The summed E-state index contributed by atoms with van der Waals surface area (Å²) in [6, 6.07) is 0.283. The van der Waals surface area contributed by atoms with Crippen molar-refractivity contribution in [2.75, 3.05) is 5.33 Å². The average molecular weight is 264 g/mol. The SMILES string of the molecule is CCC(C)(C)C(=O)NC(C)CCCBr. The van der Waals surface area contributed by atoms with Gasteiger partial charge in [0.15, 0.2) is 0 Å². The molecule has 0 aliphatic carbocycles. The number of alkyl halides is 1. The van der Waals surface area contributed by atoms with Crippen LogP contribution in [0.4, 0.5) is 0 Å². The van der Waals surface area contributed by atoms with Crippen molar-refractivity contribution in [1.82, 2.24) is 5.32 Å². The second-order valence-electron chi connectivity index (χ2n) is 4.44. The highest BCUT2D eigenvalue weighted by Crippen LogP contribution is 2.19. The molecule has 1 unspecified atom stereocenters. The van der Waals surface area contributed by atoms with Crippen molar-refractivity contribution in [1.29, 1.82) is 0 Å². The molecule has 0 rings (SSSR count). The summed E-state index contributed by atoms with van der Waals surface area (Å²) in [6.07, 6.45) is 3.02. The third-order valence-electron chi connectivity index (χ3n) is 2.65. The lowest BCUT2D eigenvalue weighted by molar-refractivity contribution is -0.130. The van der Waals surface area contributed by atoms with Gasteiger partial charge in [-0.1, -0.05) is 36.7 Å². The highest BCUT2D eigenvalue weighted by Gasteiger charge is 2.25. The lowest BCUT2D eigenvalue weighted by Crippen LogP contribution is -2.41. The Kier molecular flexibility index (Phi) is 6.41. The average Bonchev–Trinajstić information content (AvgIpc) is 2.14. The molecule has 1 atom stereocenters. The Labute approximate surface area is 96.0 Å². The number of hydrogen-bond acceptors (Lipinski definition) is 1. The minimum Gasteiger partial charge on any atom is -0.353 e. The van der Waals surface area contributed by atoms with E-state index in [0.29, 0.717) is 0 Å². The predicted octanol–water partition coefficient (Wildman–Crippen LogP) is 3.10. The molecule has 0 bridgehead atoms. The molecule has 0 aromatic rings. The number of rotatable bonds is 6. The number of carbonyl (C=O) groups is 1. The lowest BCUT2D eigenvalue weighted by atomic mass is 9.89. The van der Waals surface area contributed by atoms with E-state index in [-0.39, 0.29) is 17.4 Å². The molecule has 2 nitrogen and oxygen atoms in total. The molecule has 0 aliphatic heterocycles.